The number of thiophene rings is 1. The van der Waals surface area contributed by atoms with Gasteiger partial charge in [0.05, 0.1) is 6.54 Å². The number of halogens is 2. The molecule has 0 saturated heterocycles. The summed E-state index contributed by atoms with van der Waals surface area (Å²) in [5.74, 6) is -1.31. The lowest BCUT2D eigenvalue weighted by Crippen LogP contribution is -2.41. The van der Waals surface area contributed by atoms with Gasteiger partial charge in [-0.3, -0.25) is 10.1 Å². The maximum atomic E-state index is 13.5. The third-order valence-corrected chi connectivity index (χ3v) is 3.88. The van der Waals surface area contributed by atoms with E-state index >= 15 is 0 Å². The van der Waals surface area contributed by atoms with Gasteiger partial charge in [-0.15, -0.1) is 11.3 Å². The third kappa shape index (κ3) is 5.12. The molecule has 0 aliphatic rings. The molecule has 8 heteroatoms. The Hall–Kier alpha value is -1.93. The van der Waals surface area contributed by atoms with Crippen molar-refractivity contribution in [2.75, 3.05) is 6.61 Å². The summed E-state index contributed by atoms with van der Waals surface area (Å²) in [5, 5.41) is 6.53. The van der Waals surface area contributed by atoms with E-state index in [1.165, 1.54) is 23.5 Å². The molecular weight excluding hydrogens is 375 g/mol. The van der Waals surface area contributed by atoms with Crippen LogP contribution >= 0.6 is 27.3 Å². The van der Waals surface area contributed by atoms with E-state index in [0.717, 1.165) is 4.88 Å². The van der Waals surface area contributed by atoms with Gasteiger partial charge in [0.2, 0.25) is 0 Å². The standard InChI is InChI=1S/C14H12BrFN2O3S/c15-9-3-4-12(11(16)6-9)21-8-13(19)18-14(20)17-7-10-2-1-5-22-10/h1-6H,7-8H2,(H2,17,18,19,20). The average molecular weight is 387 g/mol. The van der Waals surface area contributed by atoms with Crippen molar-refractivity contribution in [2.24, 2.45) is 0 Å². The topological polar surface area (TPSA) is 67.4 Å². The zero-order chi connectivity index (χ0) is 15.9. The Morgan fingerprint density at radius 2 is 2.14 bits per heavy atom. The first kappa shape index (κ1) is 16.4. The molecule has 2 rings (SSSR count). The summed E-state index contributed by atoms with van der Waals surface area (Å²) in [7, 11) is 0. The van der Waals surface area contributed by atoms with Gasteiger partial charge in [-0.2, -0.15) is 0 Å². The molecule has 0 bridgehead atoms. The monoisotopic (exact) mass is 386 g/mol. The molecule has 0 aliphatic heterocycles. The van der Waals surface area contributed by atoms with Crippen LogP contribution in [0.25, 0.3) is 0 Å². The molecule has 5 nitrogen and oxygen atoms in total. The minimum atomic E-state index is -0.661. The zero-order valence-corrected chi connectivity index (χ0v) is 13.7. The van der Waals surface area contributed by atoms with E-state index in [1.54, 1.807) is 6.07 Å². The Balaban J connectivity index is 1.74. The number of benzene rings is 1. The van der Waals surface area contributed by atoms with Crippen LogP contribution in [0.1, 0.15) is 4.88 Å². The third-order valence-electron chi connectivity index (χ3n) is 2.51. The van der Waals surface area contributed by atoms with Crippen molar-refractivity contribution in [2.45, 2.75) is 6.54 Å². The highest BCUT2D eigenvalue weighted by atomic mass is 79.9. The van der Waals surface area contributed by atoms with E-state index < -0.39 is 24.4 Å². The first-order valence-corrected chi connectivity index (χ1v) is 7.90. The summed E-state index contributed by atoms with van der Waals surface area (Å²) in [6, 6.07) is 7.31. The first-order chi connectivity index (χ1) is 10.5. The van der Waals surface area contributed by atoms with Crippen LogP contribution in [0.3, 0.4) is 0 Å². The number of ether oxygens (including phenoxy) is 1. The molecule has 0 unspecified atom stereocenters. The van der Waals surface area contributed by atoms with Crippen molar-refractivity contribution in [1.29, 1.82) is 0 Å². The lowest BCUT2D eigenvalue weighted by atomic mass is 10.3. The predicted molar refractivity (Wildman–Crippen MR) is 84.3 cm³/mol. The van der Waals surface area contributed by atoms with Crippen LogP contribution in [0.2, 0.25) is 0 Å². The molecule has 1 aromatic carbocycles. The van der Waals surface area contributed by atoms with Crippen LogP contribution < -0.4 is 15.4 Å². The number of carbonyl (C=O) groups is 2. The molecule has 1 aromatic heterocycles. The van der Waals surface area contributed by atoms with Crippen LogP contribution in [0.5, 0.6) is 5.75 Å². The van der Waals surface area contributed by atoms with Gasteiger partial charge in [0, 0.05) is 9.35 Å². The second-order valence-electron chi connectivity index (χ2n) is 4.17. The Morgan fingerprint density at radius 1 is 1.32 bits per heavy atom. The number of hydrogen-bond acceptors (Lipinski definition) is 4. The predicted octanol–water partition coefficient (Wildman–Crippen LogP) is 3.05. The van der Waals surface area contributed by atoms with Crippen molar-refractivity contribution in [3.63, 3.8) is 0 Å². The Morgan fingerprint density at radius 3 is 2.82 bits per heavy atom. The lowest BCUT2D eigenvalue weighted by molar-refractivity contribution is -0.122. The fourth-order valence-corrected chi connectivity index (χ4v) is 2.50. The Labute approximate surface area is 138 Å². The normalized spacial score (nSPS) is 10.1. The number of amides is 3. The molecule has 3 amide bonds. The van der Waals surface area contributed by atoms with Gasteiger partial charge in [0.25, 0.3) is 5.91 Å². The number of hydrogen-bond donors (Lipinski definition) is 2. The van der Waals surface area contributed by atoms with Crippen LogP contribution in [0.15, 0.2) is 40.2 Å². The van der Waals surface area contributed by atoms with Gasteiger partial charge in [-0.25, -0.2) is 9.18 Å². The maximum absolute atomic E-state index is 13.5. The summed E-state index contributed by atoms with van der Waals surface area (Å²) in [6.07, 6.45) is 0. The molecule has 0 fully saturated rings. The van der Waals surface area contributed by atoms with Gasteiger partial charge in [-0.05, 0) is 29.6 Å². The van der Waals surface area contributed by atoms with E-state index in [2.05, 4.69) is 26.6 Å². The van der Waals surface area contributed by atoms with E-state index in [1.807, 2.05) is 17.5 Å². The van der Waals surface area contributed by atoms with Gasteiger partial charge >= 0.3 is 6.03 Å². The number of rotatable bonds is 5. The zero-order valence-electron chi connectivity index (χ0n) is 11.3. The fourth-order valence-electron chi connectivity index (χ4n) is 1.52. The van der Waals surface area contributed by atoms with Crippen LogP contribution in [0.4, 0.5) is 9.18 Å². The largest absolute Gasteiger partial charge is 0.481 e. The molecule has 0 spiro atoms. The van der Waals surface area contributed by atoms with Crippen LogP contribution in [-0.4, -0.2) is 18.5 Å². The van der Waals surface area contributed by atoms with Crippen molar-refractivity contribution >= 4 is 39.2 Å². The van der Waals surface area contributed by atoms with E-state index in [-0.39, 0.29) is 5.75 Å². The maximum Gasteiger partial charge on any atom is 0.321 e. The fraction of sp³-hybridized carbons (Fsp3) is 0.143. The highest BCUT2D eigenvalue weighted by molar-refractivity contribution is 9.10. The number of carbonyl (C=O) groups excluding carboxylic acids is 2. The van der Waals surface area contributed by atoms with Gasteiger partial charge in [0.15, 0.2) is 18.2 Å². The summed E-state index contributed by atoms with van der Waals surface area (Å²) in [6.45, 7) is -0.121. The quantitative estimate of drug-likeness (QED) is 0.829. The SMILES string of the molecule is O=C(COc1ccc(Br)cc1F)NC(=O)NCc1cccs1. The number of nitrogens with one attached hydrogen (secondary N) is 2. The molecule has 22 heavy (non-hydrogen) atoms. The Bertz CT molecular complexity index is 664. The van der Waals surface area contributed by atoms with Crippen molar-refractivity contribution in [3.05, 3.63) is 50.9 Å². The highest BCUT2D eigenvalue weighted by Gasteiger charge is 2.10. The molecule has 0 atom stereocenters. The van der Waals surface area contributed by atoms with E-state index in [0.29, 0.717) is 11.0 Å². The van der Waals surface area contributed by atoms with Gasteiger partial charge < -0.3 is 10.1 Å². The summed E-state index contributed by atoms with van der Waals surface area (Å²) >= 11 is 4.61. The molecule has 0 saturated carbocycles. The van der Waals surface area contributed by atoms with Crippen LogP contribution in [0, 0.1) is 5.82 Å². The second kappa shape index (κ2) is 7.90. The molecular formula is C14H12BrFN2O3S. The molecule has 1 heterocycles. The molecule has 0 radical (unpaired) electrons. The van der Waals surface area contributed by atoms with Crippen molar-refractivity contribution in [1.82, 2.24) is 10.6 Å². The van der Waals surface area contributed by atoms with E-state index in [9.17, 15) is 14.0 Å². The minimum Gasteiger partial charge on any atom is -0.481 e. The number of imide groups is 1. The smallest absolute Gasteiger partial charge is 0.321 e. The number of urea groups is 1. The summed E-state index contributed by atoms with van der Waals surface area (Å²) in [5.41, 5.74) is 0. The van der Waals surface area contributed by atoms with Gasteiger partial charge in [0.1, 0.15) is 0 Å². The minimum absolute atomic E-state index is 0.0580. The summed E-state index contributed by atoms with van der Waals surface area (Å²) < 4.78 is 19.1. The highest BCUT2D eigenvalue weighted by Crippen LogP contribution is 2.21. The molecule has 2 aromatic rings. The molecule has 0 aliphatic carbocycles. The molecule has 116 valence electrons. The molecule has 2 N–H and O–H groups in total. The van der Waals surface area contributed by atoms with Crippen LogP contribution in [-0.2, 0) is 11.3 Å². The lowest BCUT2D eigenvalue weighted by Gasteiger charge is -2.08. The second-order valence-corrected chi connectivity index (χ2v) is 6.12. The summed E-state index contributed by atoms with van der Waals surface area (Å²) in [4.78, 5) is 24.0. The average Bonchev–Trinajstić information content (AvgIpc) is 2.97. The van der Waals surface area contributed by atoms with Gasteiger partial charge in [-0.1, -0.05) is 22.0 Å². The first-order valence-electron chi connectivity index (χ1n) is 6.22. The van der Waals surface area contributed by atoms with E-state index in [4.69, 9.17) is 4.74 Å². The van der Waals surface area contributed by atoms with Crippen molar-refractivity contribution in [3.8, 4) is 5.75 Å². The van der Waals surface area contributed by atoms with Crippen molar-refractivity contribution < 1.29 is 18.7 Å². The Kier molecular flexibility index (Phi) is 5.91.